The largest absolute Gasteiger partial charge is 0.486 e. The second-order valence-electron chi connectivity index (χ2n) is 6.21. The minimum absolute atomic E-state index is 0.428. The Morgan fingerprint density at radius 3 is 2.50 bits per heavy atom. The summed E-state index contributed by atoms with van der Waals surface area (Å²) in [4.78, 5) is 0. The average Bonchev–Trinajstić information content (AvgIpc) is 3.07. The number of thioether (sulfide) groups is 1. The van der Waals surface area contributed by atoms with E-state index in [4.69, 9.17) is 4.74 Å². The van der Waals surface area contributed by atoms with E-state index in [-0.39, 0.29) is 0 Å². The summed E-state index contributed by atoms with van der Waals surface area (Å²) in [5, 5.41) is 9.63. The Balaban J connectivity index is 1.63. The molecule has 1 aromatic heterocycles. The molecule has 0 saturated carbocycles. The fraction of sp³-hybridized carbons (Fsp3) is 0.333. The van der Waals surface area contributed by atoms with Gasteiger partial charge in [0.1, 0.15) is 12.4 Å². The lowest BCUT2D eigenvalue weighted by atomic mass is 10.2. The molecule has 0 unspecified atom stereocenters. The predicted molar refractivity (Wildman–Crippen MR) is 107 cm³/mol. The Hall–Kier alpha value is -2.27. The molecule has 0 amide bonds. The summed E-state index contributed by atoms with van der Waals surface area (Å²) < 4.78 is 8.02. The van der Waals surface area contributed by atoms with Gasteiger partial charge in [-0.1, -0.05) is 60.6 Å². The Bertz CT molecular complexity index is 843. The Labute approximate surface area is 159 Å². The van der Waals surface area contributed by atoms with Crippen molar-refractivity contribution in [1.82, 2.24) is 14.8 Å². The molecule has 3 aromatic rings. The van der Waals surface area contributed by atoms with Crippen molar-refractivity contribution in [1.29, 1.82) is 0 Å². The van der Waals surface area contributed by atoms with E-state index in [0.29, 0.717) is 6.61 Å². The van der Waals surface area contributed by atoms with Crippen LogP contribution in [0.2, 0.25) is 0 Å². The minimum Gasteiger partial charge on any atom is -0.486 e. The molecule has 2 aromatic carbocycles. The zero-order chi connectivity index (χ0) is 18.4. The van der Waals surface area contributed by atoms with Crippen LogP contribution in [0.5, 0.6) is 5.75 Å². The molecule has 0 radical (unpaired) electrons. The highest BCUT2D eigenvalue weighted by molar-refractivity contribution is 7.98. The maximum Gasteiger partial charge on any atom is 0.191 e. The van der Waals surface area contributed by atoms with E-state index in [9.17, 15) is 0 Å². The molecule has 0 aliphatic heterocycles. The number of hydrogen-bond donors (Lipinski definition) is 0. The van der Waals surface area contributed by atoms with Crippen molar-refractivity contribution in [2.24, 2.45) is 0 Å². The van der Waals surface area contributed by atoms with E-state index in [1.807, 2.05) is 12.1 Å². The van der Waals surface area contributed by atoms with E-state index in [2.05, 4.69) is 71.9 Å². The topological polar surface area (TPSA) is 39.9 Å². The van der Waals surface area contributed by atoms with Gasteiger partial charge in [-0.2, -0.15) is 0 Å². The van der Waals surface area contributed by atoms with Crippen LogP contribution in [0, 0.1) is 6.92 Å². The van der Waals surface area contributed by atoms with Gasteiger partial charge in [-0.05, 0) is 43.5 Å². The predicted octanol–water partition coefficient (Wildman–Crippen LogP) is 5.04. The average molecular weight is 368 g/mol. The van der Waals surface area contributed by atoms with Gasteiger partial charge in [0.15, 0.2) is 11.0 Å². The molecule has 5 heteroatoms. The number of aryl methyl sites for hydroxylation is 2. The van der Waals surface area contributed by atoms with E-state index in [1.165, 1.54) is 16.7 Å². The van der Waals surface area contributed by atoms with Gasteiger partial charge in [0.2, 0.25) is 0 Å². The third-order valence-electron chi connectivity index (χ3n) is 4.26. The van der Waals surface area contributed by atoms with Gasteiger partial charge in [-0.3, -0.25) is 0 Å². The molecule has 3 rings (SSSR count). The van der Waals surface area contributed by atoms with Crippen LogP contribution in [0.25, 0.3) is 0 Å². The summed E-state index contributed by atoms with van der Waals surface area (Å²) in [5.41, 5.74) is 3.89. The first kappa shape index (κ1) is 18.5. The number of hydrogen-bond acceptors (Lipinski definition) is 4. The monoisotopic (exact) mass is 367 g/mol. The molecule has 0 aliphatic carbocycles. The molecule has 1 heterocycles. The summed E-state index contributed by atoms with van der Waals surface area (Å²) in [6, 6.07) is 16.8. The van der Waals surface area contributed by atoms with Crippen LogP contribution < -0.4 is 4.74 Å². The van der Waals surface area contributed by atoms with Crippen LogP contribution in [-0.4, -0.2) is 14.8 Å². The molecule has 136 valence electrons. The molecule has 0 bridgehead atoms. The van der Waals surface area contributed by atoms with E-state index < -0.39 is 0 Å². The minimum atomic E-state index is 0.428. The summed E-state index contributed by atoms with van der Waals surface area (Å²) in [5.74, 6) is 2.61. The fourth-order valence-corrected chi connectivity index (χ4v) is 3.73. The number of nitrogens with zero attached hydrogens (tertiary/aromatic N) is 3. The summed E-state index contributed by atoms with van der Waals surface area (Å²) in [6.07, 6.45) is 1.03. The van der Waals surface area contributed by atoms with Crippen molar-refractivity contribution < 1.29 is 4.74 Å². The quantitative estimate of drug-likeness (QED) is 0.523. The SMILES string of the molecule is CCc1ccc(OCc2nnc(SCc3cccc(C)c3)n2CC)cc1. The smallest absolute Gasteiger partial charge is 0.191 e. The zero-order valence-electron chi connectivity index (χ0n) is 15.6. The maximum atomic E-state index is 5.89. The zero-order valence-corrected chi connectivity index (χ0v) is 16.4. The molecule has 4 nitrogen and oxygen atoms in total. The first-order valence-electron chi connectivity index (χ1n) is 9.01. The highest BCUT2D eigenvalue weighted by Crippen LogP contribution is 2.23. The molecule has 0 atom stereocenters. The van der Waals surface area contributed by atoms with Crippen LogP contribution >= 0.6 is 11.8 Å². The van der Waals surface area contributed by atoms with Gasteiger partial charge in [0.05, 0.1) is 0 Å². The van der Waals surface area contributed by atoms with Gasteiger partial charge in [-0.15, -0.1) is 10.2 Å². The second-order valence-corrected chi connectivity index (χ2v) is 7.15. The van der Waals surface area contributed by atoms with Crippen LogP contribution in [0.3, 0.4) is 0 Å². The molecular formula is C21H25N3OS. The molecule has 0 N–H and O–H groups in total. The van der Waals surface area contributed by atoms with E-state index in [0.717, 1.165) is 35.4 Å². The third kappa shape index (κ3) is 4.67. The highest BCUT2D eigenvalue weighted by atomic mass is 32.2. The molecule has 0 aliphatic rings. The van der Waals surface area contributed by atoms with Gasteiger partial charge in [-0.25, -0.2) is 0 Å². The lowest BCUT2D eigenvalue weighted by molar-refractivity contribution is 0.288. The van der Waals surface area contributed by atoms with Gasteiger partial charge in [0, 0.05) is 12.3 Å². The molecule has 0 spiro atoms. The number of ether oxygens (including phenoxy) is 1. The molecule has 0 fully saturated rings. The second kappa shape index (κ2) is 8.90. The number of rotatable bonds is 8. The molecular weight excluding hydrogens is 342 g/mol. The van der Waals surface area contributed by atoms with Gasteiger partial charge >= 0.3 is 0 Å². The highest BCUT2D eigenvalue weighted by Gasteiger charge is 2.12. The van der Waals surface area contributed by atoms with Gasteiger partial charge < -0.3 is 9.30 Å². The normalized spacial score (nSPS) is 10.9. The maximum absolute atomic E-state index is 5.89. The molecule has 26 heavy (non-hydrogen) atoms. The van der Waals surface area contributed by atoms with E-state index >= 15 is 0 Å². The lowest BCUT2D eigenvalue weighted by Gasteiger charge is -2.09. The molecule has 0 saturated heterocycles. The van der Waals surface area contributed by atoms with Crippen molar-refractivity contribution in [3.63, 3.8) is 0 Å². The van der Waals surface area contributed by atoms with E-state index in [1.54, 1.807) is 11.8 Å². The third-order valence-corrected chi connectivity index (χ3v) is 5.30. The lowest BCUT2D eigenvalue weighted by Crippen LogP contribution is -2.07. The van der Waals surface area contributed by atoms with Crippen molar-refractivity contribution in [2.75, 3.05) is 0 Å². The van der Waals surface area contributed by atoms with Crippen LogP contribution in [0.1, 0.15) is 36.4 Å². The summed E-state index contributed by atoms with van der Waals surface area (Å²) in [6.45, 7) is 7.63. The van der Waals surface area contributed by atoms with Crippen molar-refractivity contribution in [2.45, 2.75) is 51.3 Å². The Kier molecular flexibility index (Phi) is 6.34. The summed E-state index contributed by atoms with van der Waals surface area (Å²) in [7, 11) is 0. The van der Waals surface area contributed by atoms with Crippen molar-refractivity contribution in [3.05, 3.63) is 71.0 Å². The summed E-state index contributed by atoms with van der Waals surface area (Å²) >= 11 is 1.71. The van der Waals surface area contributed by atoms with Crippen LogP contribution in [-0.2, 0) is 25.3 Å². The first-order chi connectivity index (χ1) is 12.7. The van der Waals surface area contributed by atoms with Crippen LogP contribution in [0.15, 0.2) is 53.7 Å². The standard InChI is InChI=1S/C21H25N3OS/c1-4-17-9-11-19(12-10-17)25-14-20-22-23-21(24(20)5-2)26-15-18-8-6-7-16(3)13-18/h6-13H,4-5,14-15H2,1-3H3. The van der Waals surface area contributed by atoms with Crippen molar-refractivity contribution >= 4 is 11.8 Å². The van der Waals surface area contributed by atoms with Crippen molar-refractivity contribution in [3.8, 4) is 5.75 Å². The van der Waals surface area contributed by atoms with Crippen LogP contribution in [0.4, 0.5) is 0 Å². The Morgan fingerprint density at radius 2 is 1.81 bits per heavy atom. The van der Waals surface area contributed by atoms with Gasteiger partial charge in [0.25, 0.3) is 0 Å². The first-order valence-corrected chi connectivity index (χ1v) is 10.00. The fourth-order valence-electron chi connectivity index (χ4n) is 2.77. The Morgan fingerprint density at radius 1 is 1.00 bits per heavy atom. The number of benzene rings is 2. The number of aromatic nitrogens is 3.